The zero-order chi connectivity index (χ0) is 20.1. The smallest absolute Gasteiger partial charge is 0.306 e. The van der Waals surface area contributed by atoms with E-state index in [-0.39, 0.29) is 12.0 Å². The van der Waals surface area contributed by atoms with E-state index < -0.39 is 11.5 Å². The molecule has 0 spiro atoms. The van der Waals surface area contributed by atoms with Crippen LogP contribution in [0.15, 0.2) is 91.0 Å². The molecule has 0 aromatic heterocycles. The van der Waals surface area contributed by atoms with Crippen molar-refractivity contribution in [2.45, 2.75) is 37.3 Å². The molecule has 1 aliphatic carbocycles. The second-order valence-corrected chi connectivity index (χ2v) is 7.89. The quantitative estimate of drug-likeness (QED) is 0.573. The van der Waals surface area contributed by atoms with Crippen molar-refractivity contribution in [3.05, 3.63) is 108 Å². The van der Waals surface area contributed by atoms with E-state index in [0.717, 1.165) is 36.0 Å². The van der Waals surface area contributed by atoms with E-state index >= 15 is 0 Å². The highest BCUT2D eigenvalue weighted by molar-refractivity contribution is 5.70. The fourth-order valence-electron chi connectivity index (χ4n) is 4.67. The van der Waals surface area contributed by atoms with Crippen LogP contribution in [-0.4, -0.2) is 17.1 Å². The van der Waals surface area contributed by atoms with Crippen molar-refractivity contribution >= 4 is 5.97 Å². The number of hydrogen-bond acceptors (Lipinski definition) is 2. The van der Waals surface area contributed by atoms with Gasteiger partial charge in [0.15, 0.2) is 0 Å². The van der Waals surface area contributed by atoms with E-state index in [0.29, 0.717) is 6.42 Å². The first-order valence-corrected chi connectivity index (χ1v) is 10.4. The molecule has 1 aliphatic rings. The summed E-state index contributed by atoms with van der Waals surface area (Å²) in [7, 11) is 0. The molecule has 29 heavy (non-hydrogen) atoms. The number of nitrogens with one attached hydrogen (secondary N) is 1. The molecule has 0 heterocycles. The molecule has 2 unspecified atom stereocenters. The minimum atomic E-state index is -0.679. The van der Waals surface area contributed by atoms with Crippen LogP contribution in [0.1, 0.15) is 42.4 Å². The Hall–Kier alpha value is -2.91. The minimum Gasteiger partial charge on any atom is -0.481 e. The summed E-state index contributed by atoms with van der Waals surface area (Å²) in [5, 5.41) is 13.5. The number of carbonyl (C=O) groups is 1. The molecule has 0 amide bonds. The molecule has 3 aromatic rings. The third-order valence-electron chi connectivity index (χ3n) is 6.06. The van der Waals surface area contributed by atoms with Crippen molar-refractivity contribution in [2.75, 3.05) is 0 Å². The van der Waals surface area contributed by atoms with E-state index in [9.17, 15) is 9.90 Å². The molecule has 0 bridgehead atoms. The average molecular weight is 386 g/mol. The second kappa shape index (κ2) is 8.62. The lowest BCUT2D eigenvalue weighted by molar-refractivity contribution is -0.143. The summed E-state index contributed by atoms with van der Waals surface area (Å²) in [6, 6.07) is 31.6. The third-order valence-corrected chi connectivity index (χ3v) is 6.06. The van der Waals surface area contributed by atoms with Gasteiger partial charge in [-0.2, -0.15) is 0 Å². The van der Waals surface area contributed by atoms with Gasteiger partial charge in [-0.1, -0.05) is 97.4 Å². The molecule has 3 nitrogen and oxygen atoms in total. The van der Waals surface area contributed by atoms with E-state index in [1.165, 1.54) is 0 Å². The zero-order valence-corrected chi connectivity index (χ0v) is 16.5. The van der Waals surface area contributed by atoms with Gasteiger partial charge in [-0.15, -0.1) is 0 Å². The molecular weight excluding hydrogens is 358 g/mol. The highest BCUT2D eigenvalue weighted by atomic mass is 16.4. The molecule has 1 saturated carbocycles. The lowest BCUT2D eigenvalue weighted by atomic mass is 9.75. The van der Waals surface area contributed by atoms with Crippen LogP contribution in [-0.2, 0) is 10.3 Å². The molecule has 0 saturated heterocycles. The zero-order valence-electron chi connectivity index (χ0n) is 16.5. The van der Waals surface area contributed by atoms with Gasteiger partial charge in [0.05, 0.1) is 11.5 Å². The lowest BCUT2D eigenvalue weighted by Crippen LogP contribution is -2.51. The Labute approximate surface area is 172 Å². The Bertz CT molecular complexity index is 828. The van der Waals surface area contributed by atoms with E-state index in [1.807, 2.05) is 18.2 Å². The number of hydrogen-bond donors (Lipinski definition) is 2. The first kappa shape index (κ1) is 19.4. The fraction of sp³-hybridized carbons (Fsp3) is 0.269. The highest BCUT2D eigenvalue weighted by Crippen LogP contribution is 2.39. The van der Waals surface area contributed by atoms with Crippen LogP contribution in [0.5, 0.6) is 0 Å². The molecule has 2 N–H and O–H groups in total. The summed E-state index contributed by atoms with van der Waals surface area (Å²) in [6.45, 7) is 0. The van der Waals surface area contributed by atoms with Gasteiger partial charge in [0, 0.05) is 6.04 Å². The van der Waals surface area contributed by atoms with Gasteiger partial charge in [0.1, 0.15) is 0 Å². The lowest BCUT2D eigenvalue weighted by Gasteiger charge is -2.42. The SMILES string of the molecule is O=C(O)C1CCCC(NC(c2ccccc2)(c2ccccc2)c2ccccc2)C1. The molecule has 2 atom stereocenters. The first-order chi connectivity index (χ1) is 14.2. The molecule has 1 fully saturated rings. The summed E-state index contributed by atoms with van der Waals surface area (Å²) < 4.78 is 0. The standard InChI is InChI=1S/C26H27NO2/c28-25(29)20-11-10-18-24(19-20)27-26(21-12-4-1-5-13-21,22-14-6-2-7-15-22)23-16-8-3-9-17-23/h1-9,12-17,20,24,27H,10-11,18-19H2,(H,28,29). The number of carboxylic acid groups (broad SMARTS) is 1. The van der Waals surface area contributed by atoms with Gasteiger partial charge >= 0.3 is 5.97 Å². The molecule has 0 radical (unpaired) electrons. The number of aliphatic carboxylic acids is 1. The fourth-order valence-corrected chi connectivity index (χ4v) is 4.67. The van der Waals surface area contributed by atoms with Crippen LogP contribution in [0.3, 0.4) is 0 Å². The van der Waals surface area contributed by atoms with Crippen molar-refractivity contribution < 1.29 is 9.90 Å². The Kier molecular flexibility index (Phi) is 5.77. The summed E-state index contributed by atoms with van der Waals surface area (Å²) in [5.74, 6) is -0.956. The van der Waals surface area contributed by atoms with Crippen molar-refractivity contribution in [1.29, 1.82) is 0 Å². The maximum Gasteiger partial charge on any atom is 0.306 e. The number of benzene rings is 3. The van der Waals surface area contributed by atoms with Crippen molar-refractivity contribution in [2.24, 2.45) is 5.92 Å². The van der Waals surface area contributed by atoms with E-state index in [1.54, 1.807) is 0 Å². The van der Waals surface area contributed by atoms with Crippen LogP contribution in [0, 0.1) is 5.92 Å². The van der Waals surface area contributed by atoms with Gasteiger partial charge in [-0.3, -0.25) is 10.1 Å². The molecular formula is C26H27NO2. The summed E-state index contributed by atoms with van der Waals surface area (Å²) >= 11 is 0. The van der Waals surface area contributed by atoms with Crippen molar-refractivity contribution in [3.8, 4) is 0 Å². The van der Waals surface area contributed by atoms with Crippen molar-refractivity contribution in [1.82, 2.24) is 5.32 Å². The van der Waals surface area contributed by atoms with Crippen LogP contribution in [0.25, 0.3) is 0 Å². The Morgan fingerprint density at radius 3 is 1.62 bits per heavy atom. The maximum absolute atomic E-state index is 11.6. The Morgan fingerprint density at radius 2 is 1.21 bits per heavy atom. The van der Waals surface area contributed by atoms with Gasteiger partial charge in [0.25, 0.3) is 0 Å². The van der Waals surface area contributed by atoms with Gasteiger partial charge in [0.2, 0.25) is 0 Å². The molecule has 0 aliphatic heterocycles. The van der Waals surface area contributed by atoms with Crippen LogP contribution in [0.4, 0.5) is 0 Å². The van der Waals surface area contributed by atoms with E-state index in [4.69, 9.17) is 0 Å². The average Bonchev–Trinajstić information content (AvgIpc) is 2.79. The van der Waals surface area contributed by atoms with Gasteiger partial charge in [-0.05, 0) is 36.0 Å². The predicted molar refractivity (Wildman–Crippen MR) is 116 cm³/mol. The predicted octanol–water partition coefficient (Wildman–Crippen LogP) is 5.21. The molecule has 3 aromatic carbocycles. The van der Waals surface area contributed by atoms with Crippen molar-refractivity contribution in [3.63, 3.8) is 0 Å². The molecule has 3 heteroatoms. The monoisotopic (exact) mass is 385 g/mol. The van der Waals surface area contributed by atoms with Crippen LogP contribution < -0.4 is 5.32 Å². The number of rotatable bonds is 6. The largest absolute Gasteiger partial charge is 0.481 e. The summed E-state index contributed by atoms with van der Waals surface area (Å²) in [4.78, 5) is 11.6. The van der Waals surface area contributed by atoms with Gasteiger partial charge in [-0.25, -0.2) is 0 Å². The Balaban J connectivity index is 1.85. The summed E-state index contributed by atoms with van der Waals surface area (Å²) in [5.41, 5.74) is 2.95. The summed E-state index contributed by atoms with van der Waals surface area (Å²) in [6.07, 6.45) is 3.34. The molecule has 4 rings (SSSR count). The normalized spacial score (nSPS) is 19.6. The first-order valence-electron chi connectivity index (χ1n) is 10.4. The van der Waals surface area contributed by atoms with Gasteiger partial charge < -0.3 is 5.11 Å². The van der Waals surface area contributed by atoms with E-state index in [2.05, 4.69) is 78.1 Å². The second-order valence-electron chi connectivity index (χ2n) is 7.89. The van der Waals surface area contributed by atoms with Crippen LogP contribution >= 0.6 is 0 Å². The molecule has 148 valence electrons. The number of carboxylic acids is 1. The topological polar surface area (TPSA) is 49.3 Å². The Morgan fingerprint density at radius 1 is 0.759 bits per heavy atom. The third kappa shape index (κ3) is 3.96. The maximum atomic E-state index is 11.6. The van der Waals surface area contributed by atoms with Crippen LogP contribution in [0.2, 0.25) is 0 Å². The minimum absolute atomic E-state index is 0.130. The highest BCUT2D eigenvalue weighted by Gasteiger charge is 2.39.